The molecule has 2 rings (SSSR count). The molecule has 1 aromatic carbocycles. The summed E-state index contributed by atoms with van der Waals surface area (Å²) in [5, 5.41) is 11.6. The van der Waals surface area contributed by atoms with Crippen molar-refractivity contribution in [2.75, 3.05) is 6.61 Å². The van der Waals surface area contributed by atoms with Gasteiger partial charge in [-0.15, -0.1) is 0 Å². The van der Waals surface area contributed by atoms with Crippen molar-refractivity contribution in [2.24, 2.45) is 0 Å². The van der Waals surface area contributed by atoms with Crippen molar-refractivity contribution < 1.29 is 14.6 Å². The molecule has 1 heterocycles. The smallest absolute Gasteiger partial charge is 0.408 e. The van der Waals surface area contributed by atoms with E-state index in [-0.39, 0.29) is 6.61 Å². The Morgan fingerprint density at radius 2 is 2.12 bits per heavy atom. The van der Waals surface area contributed by atoms with Crippen molar-refractivity contribution in [1.29, 1.82) is 0 Å². The zero-order valence-electron chi connectivity index (χ0n) is 8.38. The number of amides is 1. The van der Waals surface area contributed by atoms with E-state index in [2.05, 4.69) is 10.2 Å². The highest BCUT2D eigenvalue weighted by atomic mass is 16.6. The molecule has 2 N–H and O–H groups in total. The maximum absolute atomic E-state index is 11.0. The van der Waals surface area contributed by atoms with Crippen LogP contribution in [0.3, 0.4) is 0 Å². The van der Waals surface area contributed by atoms with Crippen molar-refractivity contribution in [3.8, 4) is 0 Å². The van der Waals surface area contributed by atoms with Crippen LogP contribution in [0.4, 0.5) is 10.5 Å². The number of nitrogens with one attached hydrogen (secondary N) is 1. The lowest BCUT2D eigenvalue weighted by atomic mass is 10.0. The molecule has 1 fully saturated rings. The number of cyclic esters (lactones) is 1. The first-order valence-corrected chi connectivity index (χ1v) is 4.80. The molecule has 2 atom stereocenters. The Labute approximate surface area is 92.5 Å². The number of alkyl carbamates (subject to hydrolysis) is 1. The number of hydrogen-bond acceptors (Lipinski definition) is 3. The van der Waals surface area contributed by atoms with Crippen LogP contribution in [-0.2, 0) is 4.74 Å². The molecule has 0 aromatic heterocycles. The quantitative estimate of drug-likeness (QED) is 0.737. The van der Waals surface area contributed by atoms with Gasteiger partial charge in [0.2, 0.25) is 0 Å². The molecule has 0 aliphatic carbocycles. The molecule has 0 radical (unpaired) electrons. The molecule has 1 saturated heterocycles. The first kappa shape index (κ1) is 10.5. The molecule has 0 bridgehead atoms. The zero-order chi connectivity index (χ0) is 11.5. The second-order valence-corrected chi connectivity index (χ2v) is 3.46. The summed E-state index contributed by atoms with van der Waals surface area (Å²) in [5.74, 6) is 0. The standard InChI is InChI=1S/C11H10N2O3/c1-12-8-4-2-7(3-5-8)10-9(6-14)13-11(15)16-10/h2-5,9-10,14H,6H2,(H,13,15)/t9-,10-/m1/s1. The van der Waals surface area contributed by atoms with Crippen molar-refractivity contribution in [2.45, 2.75) is 12.1 Å². The van der Waals surface area contributed by atoms with Crippen LogP contribution in [0.5, 0.6) is 0 Å². The monoisotopic (exact) mass is 218 g/mol. The Bertz CT molecular complexity index is 436. The van der Waals surface area contributed by atoms with E-state index in [1.54, 1.807) is 24.3 Å². The van der Waals surface area contributed by atoms with Crippen LogP contribution < -0.4 is 5.32 Å². The van der Waals surface area contributed by atoms with Crippen molar-refractivity contribution >= 4 is 11.8 Å². The fourth-order valence-corrected chi connectivity index (χ4v) is 1.64. The molecule has 1 aliphatic heterocycles. The third-order valence-electron chi connectivity index (χ3n) is 2.45. The largest absolute Gasteiger partial charge is 0.439 e. The van der Waals surface area contributed by atoms with Gasteiger partial charge in [0, 0.05) is 0 Å². The average Bonchev–Trinajstić information content (AvgIpc) is 2.70. The third kappa shape index (κ3) is 1.83. The summed E-state index contributed by atoms with van der Waals surface area (Å²) in [6.07, 6.45) is -1.02. The Morgan fingerprint density at radius 3 is 2.69 bits per heavy atom. The number of aliphatic hydroxyl groups is 1. The Kier molecular flexibility index (Phi) is 2.75. The summed E-state index contributed by atoms with van der Waals surface area (Å²) in [6.45, 7) is 6.64. The van der Waals surface area contributed by atoms with Crippen LogP contribution in [0, 0.1) is 6.57 Å². The highest BCUT2D eigenvalue weighted by Crippen LogP contribution is 2.27. The molecule has 0 saturated carbocycles. The van der Waals surface area contributed by atoms with E-state index in [4.69, 9.17) is 16.4 Å². The average molecular weight is 218 g/mol. The van der Waals surface area contributed by atoms with Gasteiger partial charge in [-0.3, -0.25) is 0 Å². The summed E-state index contributed by atoms with van der Waals surface area (Å²) >= 11 is 0. The molecule has 0 unspecified atom stereocenters. The van der Waals surface area contributed by atoms with E-state index < -0.39 is 18.2 Å². The highest BCUT2D eigenvalue weighted by Gasteiger charge is 2.34. The van der Waals surface area contributed by atoms with Gasteiger partial charge in [-0.2, -0.15) is 0 Å². The Hall–Kier alpha value is -2.06. The van der Waals surface area contributed by atoms with E-state index in [1.165, 1.54) is 0 Å². The van der Waals surface area contributed by atoms with Gasteiger partial charge in [0.1, 0.15) is 0 Å². The third-order valence-corrected chi connectivity index (χ3v) is 2.45. The number of rotatable bonds is 2. The van der Waals surface area contributed by atoms with Crippen molar-refractivity contribution in [3.63, 3.8) is 0 Å². The first-order valence-electron chi connectivity index (χ1n) is 4.80. The van der Waals surface area contributed by atoms with Crippen LogP contribution in [0.1, 0.15) is 11.7 Å². The Balaban J connectivity index is 2.23. The molecular formula is C11H10N2O3. The molecule has 1 aromatic rings. The summed E-state index contributed by atoms with van der Waals surface area (Å²) in [6, 6.07) is 6.33. The summed E-state index contributed by atoms with van der Waals surface area (Å²) in [5.41, 5.74) is 1.30. The minimum Gasteiger partial charge on any atom is -0.439 e. The maximum atomic E-state index is 11.0. The second-order valence-electron chi connectivity index (χ2n) is 3.46. The van der Waals surface area contributed by atoms with Gasteiger partial charge in [-0.1, -0.05) is 24.3 Å². The number of nitrogens with zero attached hydrogens (tertiary/aromatic N) is 1. The van der Waals surface area contributed by atoms with Crippen LogP contribution in [-0.4, -0.2) is 23.8 Å². The molecule has 82 valence electrons. The molecular weight excluding hydrogens is 208 g/mol. The zero-order valence-corrected chi connectivity index (χ0v) is 8.38. The van der Waals surface area contributed by atoms with Gasteiger partial charge in [0.25, 0.3) is 0 Å². The lowest BCUT2D eigenvalue weighted by Gasteiger charge is -2.14. The van der Waals surface area contributed by atoms with Crippen molar-refractivity contribution in [3.05, 3.63) is 41.2 Å². The summed E-state index contributed by atoms with van der Waals surface area (Å²) < 4.78 is 5.04. The number of hydrogen-bond donors (Lipinski definition) is 2. The van der Waals surface area contributed by atoms with Crippen LogP contribution in [0.2, 0.25) is 0 Å². The number of aliphatic hydroxyl groups excluding tert-OH is 1. The van der Waals surface area contributed by atoms with Crippen LogP contribution >= 0.6 is 0 Å². The van der Waals surface area contributed by atoms with Gasteiger partial charge >= 0.3 is 6.09 Å². The molecule has 1 aliphatic rings. The minimum atomic E-state index is -0.529. The number of benzene rings is 1. The first-order chi connectivity index (χ1) is 7.74. The molecule has 0 spiro atoms. The fourth-order valence-electron chi connectivity index (χ4n) is 1.64. The molecule has 5 nitrogen and oxygen atoms in total. The molecule has 1 amide bonds. The van der Waals surface area contributed by atoms with Crippen molar-refractivity contribution in [1.82, 2.24) is 5.32 Å². The van der Waals surface area contributed by atoms with Gasteiger partial charge in [-0.05, 0) is 5.56 Å². The summed E-state index contributed by atoms with van der Waals surface area (Å²) in [4.78, 5) is 14.3. The van der Waals surface area contributed by atoms with Gasteiger partial charge < -0.3 is 15.2 Å². The van der Waals surface area contributed by atoms with E-state index in [9.17, 15) is 4.79 Å². The van der Waals surface area contributed by atoms with Crippen LogP contribution in [0.25, 0.3) is 4.85 Å². The van der Waals surface area contributed by atoms with Gasteiger partial charge in [0.05, 0.1) is 19.2 Å². The van der Waals surface area contributed by atoms with E-state index in [1.807, 2.05) is 0 Å². The SMILES string of the molecule is [C-]#[N+]c1ccc([C@H]2OC(=O)N[C@@H]2CO)cc1. The van der Waals surface area contributed by atoms with Crippen LogP contribution in [0.15, 0.2) is 24.3 Å². The number of carbonyl (C=O) groups excluding carboxylic acids is 1. The topological polar surface area (TPSA) is 62.9 Å². The maximum Gasteiger partial charge on any atom is 0.408 e. The second kappa shape index (κ2) is 4.21. The van der Waals surface area contributed by atoms with E-state index >= 15 is 0 Å². The summed E-state index contributed by atoms with van der Waals surface area (Å²) in [7, 11) is 0. The predicted octanol–water partition coefficient (Wildman–Crippen LogP) is 1.38. The van der Waals surface area contributed by atoms with Gasteiger partial charge in [-0.25, -0.2) is 9.64 Å². The molecule has 5 heteroatoms. The lowest BCUT2D eigenvalue weighted by molar-refractivity contribution is 0.119. The highest BCUT2D eigenvalue weighted by molar-refractivity contribution is 5.70. The van der Waals surface area contributed by atoms with Gasteiger partial charge in [0.15, 0.2) is 11.8 Å². The number of carbonyl (C=O) groups is 1. The minimum absolute atomic E-state index is 0.180. The Morgan fingerprint density at radius 1 is 1.44 bits per heavy atom. The number of ether oxygens (including phenoxy) is 1. The predicted molar refractivity (Wildman–Crippen MR) is 55.9 cm³/mol. The molecule has 16 heavy (non-hydrogen) atoms. The lowest BCUT2D eigenvalue weighted by Crippen LogP contribution is -2.31. The van der Waals surface area contributed by atoms with E-state index in [0.29, 0.717) is 5.69 Å². The van der Waals surface area contributed by atoms with E-state index in [0.717, 1.165) is 5.56 Å². The fraction of sp³-hybridized carbons (Fsp3) is 0.273. The normalized spacial score (nSPS) is 23.4.